The quantitative estimate of drug-likeness (QED) is 0.875. The number of thioether (sulfide) groups is 1. The van der Waals surface area contributed by atoms with Gasteiger partial charge in [-0.05, 0) is 13.2 Å². The summed E-state index contributed by atoms with van der Waals surface area (Å²) in [6.07, 6.45) is 5.73. The number of nitrogens with one attached hydrogen (secondary N) is 1. The minimum absolute atomic E-state index is 0.547. The summed E-state index contributed by atoms with van der Waals surface area (Å²) >= 11 is 1.82. The Balaban J connectivity index is 2.24. The predicted molar refractivity (Wildman–Crippen MR) is 67.0 cm³/mol. The van der Waals surface area contributed by atoms with E-state index in [2.05, 4.69) is 33.7 Å². The monoisotopic (exact) mass is 237 g/mol. The number of hydrogen-bond acceptors (Lipinski definition) is 5. The molecule has 1 unspecified atom stereocenters. The summed E-state index contributed by atoms with van der Waals surface area (Å²) in [5.41, 5.74) is 0.785. The maximum Gasteiger partial charge on any atom is 0.203 e. The molecule has 0 aliphatic heterocycles. The number of aryl methyl sites for hydroxylation is 1. The van der Waals surface area contributed by atoms with Crippen molar-refractivity contribution in [2.45, 2.75) is 19.1 Å². The van der Waals surface area contributed by atoms with Gasteiger partial charge in [0.15, 0.2) is 5.82 Å². The largest absolute Gasteiger partial charge is 0.366 e. The molecule has 2 aromatic heterocycles. The van der Waals surface area contributed by atoms with Crippen LogP contribution in [0.2, 0.25) is 0 Å². The van der Waals surface area contributed by atoms with Crippen LogP contribution in [-0.4, -0.2) is 37.6 Å². The topological polar surface area (TPSA) is 55.1 Å². The van der Waals surface area contributed by atoms with Gasteiger partial charge in [-0.15, -0.1) is 10.2 Å². The van der Waals surface area contributed by atoms with Crippen molar-refractivity contribution >= 4 is 23.2 Å². The minimum Gasteiger partial charge on any atom is -0.366 e. The van der Waals surface area contributed by atoms with Gasteiger partial charge in [0, 0.05) is 24.2 Å². The van der Waals surface area contributed by atoms with Crippen LogP contribution in [0, 0.1) is 6.92 Å². The third-order valence-corrected chi connectivity index (χ3v) is 3.43. The standard InChI is InChI=1S/C10H15N5S/c1-7(16-3)6-12-9-10-14-13-8(2)15(10)5-4-11-9/h4-5,7H,6H2,1-3H3,(H,11,12). The van der Waals surface area contributed by atoms with Gasteiger partial charge in [-0.2, -0.15) is 11.8 Å². The van der Waals surface area contributed by atoms with Crippen molar-refractivity contribution in [2.24, 2.45) is 0 Å². The van der Waals surface area contributed by atoms with Crippen LogP contribution in [0.15, 0.2) is 12.4 Å². The summed E-state index contributed by atoms with van der Waals surface area (Å²) in [5.74, 6) is 1.67. The minimum atomic E-state index is 0.547. The lowest BCUT2D eigenvalue weighted by Crippen LogP contribution is -2.14. The van der Waals surface area contributed by atoms with Crippen LogP contribution in [0.4, 0.5) is 5.82 Å². The molecular formula is C10H15N5S. The highest BCUT2D eigenvalue weighted by atomic mass is 32.2. The van der Waals surface area contributed by atoms with E-state index in [0.29, 0.717) is 5.25 Å². The van der Waals surface area contributed by atoms with Gasteiger partial charge in [0.05, 0.1) is 0 Å². The molecule has 5 nitrogen and oxygen atoms in total. The molecule has 6 heteroatoms. The number of anilines is 1. The molecule has 0 saturated heterocycles. The summed E-state index contributed by atoms with van der Waals surface area (Å²) < 4.78 is 1.93. The molecule has 2 aromatic rings. The van der Waals surface area contributed by atoms with Crippen LogP contribution in [-0.2, 0) is 0 Å². The van der Waals surface area contributed by atoms with Crippen molar-refractivity contribution in [3.63, 3.8) is 0 Å². The zero-order valence-corrected chi connectivity index (χ0v) is 10.5. The smallest absolute Gasteiger partial charge is 0.203 e. The highest BCUT2D eigenvalue weighted by molar-refractivity contribution is 7.99. The number of aromatic nitrogens is 4. The average Bonchev–Trinajstić information content (AvgIpc) is 2.69. The highest BCUT2D eigenvalue weighted by Gasteiger charge is 2.08. The third kappa shape index (κ3) is 2.11. The van der Waals surface area contributed by atoms with Gasteiger partial charge in [-0.1, -0.05) is 6.92 Å². The van der Waals surface area contributed by atoms with Crippen LogP contribution in [0.5, 0.6) is 0 Å². The van der Waals surface area contributed by atoms with E-state index >= 15 is 0 Å². The first kappa shape index (κ1) is 11.2. The average molecular weight is 237 g/mol. The molecule has 0 amide bonds. The molecular weight excluding hydrogens is 222 g/mol. The van der Waals surface area contributed by atoms with E-state index in [1.165, 1.54) is 0 Å². The Bertz CT molecular complexity index is 481. The fourth-order valence-electron chi connectivity index (χ4n) is 1.39. The third-order valence-electron chi connectivity index (χ3n) is 2.46. The van der Waals surface area contributed by atoms with E-state index in [1.807, 2.05) is 29.3 Å². The van der Waals surface area contributed by atoms with Gasteiger partial charge < -0.3 is 5.32 Å². The lowest BCUT2D eigenvalue weighted by molar-refractivity contribution is 0.979. The highest BCUT2D eigenvalue weighted by Crippen LogP contribution is 2.13. The zero-order valence-electron chi connectivity index (χ0n) is 9.64. The van der Waals surface area contributed by atoms with Gasteiger partial charge in [-0.25, -0.2) is 4.98 Å². The Kier molecular flexibility index (Phi) is 3.28. The maximum absolute atomic E-state index is 4.28. The molecule has 0 aliphatic rings. The first-order valence-corrected chi connectivity index (χ1v) is 6.44. The van der Waals surface area contributed by atoms with Gasteiger partial charge in [0.25, 0.3) is 0 Å². The molecule has 0 radical (unpaired) electrons. The molecule has 0 fully saturated rings. The number of fused-ring (bicyclic) bond motifs is 1. The summed E-state index contributed by atoms with van der Waals surface area (Å²) in [6.45, 7) is 4.97. The molecule has 0 bridgehead atoms. The summed E-state index contributed by atoms with van der Waals surface area (Å²) in [5, 5.41) is 12.0. The number of rotatable bonds is 4. The molecule has 0 aliphatic carbocycles. The molecule has 1 atom stereocenters. The molecule has 86 valence electrons. The first-order chi connectivity index (χ1) is 7.72. The van der Waals surface area contributed by atoms with Crippen LogP contribution in [0.25, 0.3) is 5.65 Å². The van der Waals surface area contributed by atoms with Crippen LogP contribution in [0.3, 0.4) is 0 Å². The van der Waals surface area contributed by atoms with Crippen LogP contribution >= 0.6 is 11.8 Å². The van der Waals surface area contributed by atoms with E-state index in [4.69, 9.17) is 0 Å². The van der Waals surface area contributed by atoms with Crippen LogP contribution < -0.4 is 5.32 Å². The summed E-state index contributed by atoms with van der Waals surface area (Å²) in [7, 11) is 0. The van der Waals surface area contributed by atoms with Gasteiger partial charge in [0.1, 0.15) is 5.82 Å². The van der Waals surface area contributed by atoms with Crippen molar-refractivity contribution in [1.82, 2.24) is 19.6 Å². The van der Waals surface area contributed by atoms with Gasteiger partial charge >= 0.3 is 0 Å². The molecule has 2 heterocycles. The van der Waals surface area contributed by atoms with Crippen molar-refractivity contribution in [3.05, 3.63) is 18.2 Å². The fourth-order valence-corrected chi connectivity index (χ4v) is 1.64. The SMILES string of the molecule is CSC(C)CNc1nccn2c(C)nnc12. The lowest BCUT2D eigenvalue weighted by atomic mass is 10.4. The Hall–Kier alpha value is -1.30. The molecule has 1 N–H and O–H groups in total. The second-order valence-electron chi connectivity index (χ2n) is 3.64. The van der Waals surface area contributed by atoms with Gasteiger partial charge in [0.2, 0.25) is 5.65 Å². The maximum atomic E-state index is 4.28. The molecule has 0 saturated carbocycles. The van der Waals surface area contributed by atoms with E-state index in [1.54, 1.807) is 6.20 Å². The van der Waals surface area contributed by atoms with E-state index in [-0.39, 0.29) is 0 Å². The van der Waals surface area contributed by atoms with E-state index in [9.17, 15) is 0 Å². The van der Waals surface area contributed by atoms with Crippen molar-refractivity contribution in [2.75, 3.05) is 18.1 Å². The summed E-state index contributed by atoms with van der Waals surface area (Å²) in [4.78, 5) is 4.28. The molecule has 16 heavy (non-hydrogen) atoms. The molecule has 0 spiro atoms. The predicted octanol–water partition coefficient (Wildman–Crippen LogP) is 1.60. The Morgan fingerprint density at radius 3 is 3.06 bits per heavy atom. The first-order valence-electron chi connectivity index (χ1n) is 5.15. The Morgan fingerprint density at radius 2 is 2.31 bits per heavy atom. The fraction of sp³-hybridized carbons (Fsp3) is 0.500. The second-order valence-corrected chi connectivity index (χ2v) is 4.92. The normalized spacial score (nSPS) is 12.9. The Morgan fingerprint density at radius 1 is 1.50 bits per heavy atom. The zero-order chi connectivity index (χ0) is 11.5. The second kappa shape index (κ2) is 4.69. The van der Waals surface area contributed by atoms with E-state index in [0.717, 1.165) is 23.8 Å². The van der Waals surface area contributed by atoms with Crippen molar-refractivity contribution in [1.29, 1.82) is 0 Å². The van der Waals surface area contributed by atoms with Crippen molar-refractivity contribution < 1.29 is 0 Å². The Labute approximate surface area is 98.7 Å². The van der Waals surface area contributed by atoms with Gasteiger partial charge in [-0.3, -0.25) is 4.40 Å². The molecule has 0 aromatic carbocycles. The molecule has 2 rings (SSSR count). The number of nitrogens with zero attached hydrogens (tertiary/aromatic N) is 4. The summed E-state index contributed by atoms with van der Waals surface area (Å²) in [6, 6.07) is 0. The van der Waals surface area contributed by atoms with Crippen LogP contribution in [0.1, 0.15) is 12.7 Å². The van der Waals surface area contributed by atoms with Crippen molar-refractivity contribution in [3.8, 4) is 0 Å². The lowest BCUT2D eigenvalue weighted by Gasteiger charge is -2.10. The van der Waals surface area contributed by atoms with E-state index < -0.39 is 0 Å². The number of hydrogen-bond donors (Lipinski definition) is 1.